The Morgan fingerprint density at radius 1 is 1.26 bits per heavy atom. The second-order valence-electron chi connectivity index (χ2n) is 5.57. The Balaban J connectivity index is 1.84. The van der Waals surface area contributed by atoms with Gasteiger partial charge in [0, 0.05) is 28.9 Å². The first-order chi connectivity index (χ1) is 9.33. The fraction of sp³-hybridized carbons (Fsp3) is 0.750. The largest absolute Gasteiger partial charge is 0.312 e. The summed E-state index contributed by atoms with van der Waals surface area (Å²) < 4.78 is 0. The highest BCUT2D eigenvalue weighted by molar-refractivity contribution is 7.11. The summed E-state index contributed by atoms with van der Waals surface area (Å²) in [6.45, 7) is 9.16. The van der Waals surface area contributed by atoms with Crippen LogP contribution in [-0.4, -0.2) is 24.0 Å². The molecule has 0 bridgehead atoms. The van der Waals surface area contributed by atoms with E-state index in [1.165, 1.54) is 48.4 Å². The molecule has 0 aliphatic carbocycles. The Bertz CT molecular complexity index is 361. The predicted molar refractivity (Wildman–Crippen MR) is 84.7 cm³/mol. The summed E-state index contributed by atoms with van der Waals surface area (Å²) in [5, 5.41) is 3.49. The van der Waals surface area contributed by atoms with Gasteiger partial charge in [0.1, 0.15) is 0 Å². The minimum Gasteiger partial charge on any atom is -0.312 e. The topological polar surface area (TPSA) is 15.3 Å². The van der Waals surface area contributed by atoms with E-state index in [1.54, 1.807) is 0 Å². The van der Waals surface area contributed by atoms with Gasteiger partial charge >= 0.3 is 0 Å². The SMILES string of the molecule is CCCNCc1ccc(CN2CCCCC2CC)s1. The summed E-state index contributed by atoms with van der Waals surface area (Å²) in [6.07, 6.45) is 6.71. The minimum atomic E-state index is 0.817. The van der Waals surface area contributed by atoms with E-state index in [0.29, 0.717) is 0 Å². The lowest BCUT2D eigenvalue weighted by atomic mass is 10.00. The van der Waals surface area contributed by atoms with Crippen LogP contribution in [0.25, 0.3) is 0 Å². The molecule has 0 saturated carbocycles. The molecule has 0 aromatic carbocycles. The smallest absolute Gasteiger partial charge is 0.0330 e. The molecule has 1 saturated heterocycles. The third kappa shape index (κ3) is 4.59. The van der Waals surface area contributed by atoms with Crippen LogP contribution in [0.3, 0.4) is 0 Å². The zero-order valence-electron chi connectivity index (χ0n) is 12.5. The van der Waals surface area contributed by atoms with Crippen LogP contribution in [0.5, 0.6) is 0 Å². The van der Waals surface area contributed by atoms with E-state index >= 15 is 0 Å². The number of piperidine rings is 1. The molecule has 1 unspecified atom stereocenters. The maximum atomic E-state index is 3.49. The van der Waals surface area contributed by atoms with Crippen molar-refractivity contribution < 1.29 is 0 Å². The van der Waals surface area contributed by atoms with E-state index in [2.05, 4.69) is 36.2 Å². The first-order valence-corrected chi connectivity index (χ1v) is 8.67. The molecule has 1 N–H and O–H groups in total. The third-order valence-electron chi connectivity index (χ3n) is 4.02. The molecule has 0 amide bonds. The summed E-state index contributed by atoms with van der Waals surface area (Å²) in [4.78, 5) is 5.71. The van der Waals surface area contributed by atoms with Crippen LogP contribution in [0.4, 0.5) is 0 Å². The molecular weight excluding hydrogens is 252 g/mol. The quantitative estimate of drug-likeness (QED) is 0.759. The van der Waals surface area contributed by atoms with Crippen molar-refractivity contribution in [3.63, 3.8) is 0 Å². The van der Waals surface area contributed by atoms with E-state index in [9.17, 15) is 0 Å². The van der Waals surface area contributed by atoms with Gasteiger partial charge in [-0.15, -0.1) is 11.3 Å². The van der Waals surface area contributed by atoms with E-state index in [0.717, 1.165) is 25.7 Å². The molecule has 1 aliphatic rings. The second-order valence-corrected chi connectivity index (χ2v) is 6.83. The van der Waals surface area contributed by atoms with E-state index in [4.69, 9.17) is 0 Å². The molecule has 2 nitrogen and oxygen atoms in total. The molecule has 1 fully saturated rings. The zero-order chi connectivity index (χ0) is 13.5. The van der Waals surface area contributed by atoms with E-state index < -0.39 is 0 Å². The third-order valence-corrected chi connectivity index (χ3v) is 5.09. The van der Waals surface area contributed by atoms with Crippen molar-refractivity contribution in [3.8, 4) is 0 Å². The van der Waals surface area contributed by atoms with Crippen molar-refractivity contribution in [2.75, 3.05) is 13.1 Å². The fourth-order valence-corrected chi connectivity index (χ4v) is 3.93. The summed E-state index contributed by atoms with van der Waals surface area (Å²) in [5.41, 5.74) is 0. The molecule has 1 atom stereocenters. The molecule has 3 heteroatoms. The van der Waals surface area contributed by atoms with E-state index in [-0.39, 0.29) is 0 Å². The molecule has 1 aliphatic heterocycles. The number of thiophene rings is 1. The van der Waals surface area contributed by atoms with Gasteiger partial charge in [0.25, 0.3) is 0 Å². The highest BCUT2D eigenvalue weighted by Gasteiger charge is 2.21. The van der Waals surface area contributed by atoms with Gasteiger partial charge in [0.15, 0.2) is 0 Å². The fourth-order valence-electron chi connectivity index (χ4n) is 2.92. The Hall–Kier alpha value is -0.380. The van der Waals surface area contributed by atoms with Gasteiger partial charge in [0.05, 0.1) is 0 Å². The predicted octanol–water partition coefficient (Wildman–Crippen LogP) is 4.01. The first-order valence-electron chi connectivity index (χ1n) is 7.85. The van der Waals surface area contributed by atoms with Gasteiger partial charge in [-0.3, -0.25) is 4.90 Å². The molecule has 2 rings (SSSR count). The molecule has 0 spiro atoms. The molecule has 1 aromatic rings. The van der Waals surface area contributed by atoms with Gasteiger partial charge in [-0.05, 0) is 50.9 Å². The monoisotopic (exact) mass is 280 g/mol. The van der Waals surface area contributed by atoms with Gasteiger partial charge in [-0.2, -0.15) is 0 Å². The van der Waals surface area contributed by atoms with Crippen molar-refractivity contribution >= 4 is 11.3 Å². The van der Waals surface area contributed by atoms with Crippen LogP contribution < -0.4 is 5.32 Å². The highest BCUT2D eigenvalue weighted by atomic mass is 32.1. The van der Waals surface area contributed by atoms with Gasteiger partial charge in [0.2, 0.25) is 0 Å². The van der Waals surface area contributed by atoms with Crippen LogP contribution in [0.2, 0.25) is 0 Å². The van der Waals surface area contributed by atoms with Gasteiger partial charge in [-0.1, -0.05) is 20.3 Å². The van der Waals surface area contributed by atoms with Crippen LogP contribution in [-0.2, 0) is 13.1 Å². The molecule has 1 aromatic heterocycles. The van der Waals surface area contributed by atoms with Crippen LogP contribution >= 0.6 is 11.3 Å². The van der Waals surface area contributed by atoms with Crippen LogP contribution in [0, 0.1) is 0 Å². The number of nitrogens with zero attached hydrogens (tertiary/aromatic N) is 1. The normalized spacial score (nSPS) is 20.8. The summed E-state index contributed by atoms with van der Waals surface area (Å²) >= 11 is 1.99. The lowest BCUT2D eigenvalue weighted by molar-refractivity contribution is 0.137. The average Bonchev–Trinajstić information content (AvgIpc) is 2.87. The first kappa shape index (κ1) is 15.0. The summed E-state index contributed by atoms with van der Waals surface area (Å²) in [7, 11) is 0. The molecular formula is C16H28N2S. The van der Waals surface area contributed by atoms with Crippen molar-refractivity contribution in [1.82, 2.24) is 10.2 Å². The number of hydrogen-bond acceptors (Lipinski definition) is 3. The molecule has 0 radical (unpaired) electrons. The van der Waals surface area contributed by atoms with Gasteiger partial charge < -0.3 is 5.32 Å². The Kier molecular flexibility index (Phi) is 6.35. The second kappa shape index (κ2) is 8.03. The number of likely N-dealkylation sites (tertiary alicyclic amines) is 1. The van der Waals surface area contributed by atoms with Crippen LogP contribution in [0.1, 0.15) is 55.7 Å². The molecule has 19 heavy (non-hydrogen) atoms. The Morgan fingerprint density at radius 2 is 2.11 bits per heavy atom. The maximum absolute atomic E-state index is 3.49. The highest BCUT2D eigenvalue weighted by Crippen LogP contribution is 2.24. The summed E-state index contributed by atoms with van der Waals surface area (Å²) in [5.74, 6) is 0. The zero-order valence-corrected chi connectivity index (χ0v) is 13.3. The number of hydrogen-bond donors (Lipinski definition) is 1. The van der Waals surface area contributed by atoms with E-state index in [1.807, 2.05) is 11.3 Å². The Morgan fingerprint density at radius 3 is 2.89 bits per heavy atom. The van der Waals surface area contributed by atoms with Crippen molar-refractivity contribution in [2.45, 2.75) is 65.1 Å². The van der Waals surface area contributed by atoms with Crippen molar-refractivity contribution in [3.05, 3.63) is 21.9 Å². The lowest BCUT2D eigenvalue weighted by Gasteiger charge is -2.34. The lowest BCUT2D eigenvalue weighted by Crippen LogP contribution is -2.38. The number of rotatable bonds is 7. The molecule has 2 heterocycles. The summed E-state index contributed by atoms with van der Waals surface area (Å²) in [6, 6.07) is 5.44. The molecule has 108 valence electrons. The van der Waals surface area contributed by atoms with Crippen molar-refractivity contribution in [1.29, 1.82) is 0 Å². The average molecular weight is 280 g/mol. The standard InChI is InChI=1S/C16H28N2S/c1-3-10-17-12-15-8-9-16(19-15)13-18-11-6-5-7-14(18)4-2/h8-9,14,17H,3-7,10-13H2,1-2H3. The minimum absolute atomic E-state index is 0.817. The maximum Gasteiger partial charge on any atom is 0.0330 e. The van der Waals surface area contributed by atoms with Crippen molar-refractivity contribution in [2.24, 2.45) is 0 Å². The number of nitrogens with one attached hydrogen (secondary N) is 1. The van der Waals surface area contributed by atoms with Gasteiger partial charge in [-0.25, -0.2) is 0 Å². The Labute approximate surface area is 122 Å². The van der Waals surface area contributed by atoms with Crippen LogP contribution in [0.15, 0.2) is 12.1 Å².